The second kappa shape index (κ2) is 8.34. The second-order valence-corrected chi connectivity index (χ2v) is 5.29. The van der Waals surface area contributed by atoms with Gasteiger partial charge in [-0.3, -0.25) is 0 Å². The molecular weight excluding hydrogens is 332 g/mol. The third-order valence-electron chi connectivity index (χ3n) is 3.20. The summed E-state index contributed by atoms with van der Waals surface area (Å²) in [7, 11) is 0. The molecule has 0 aliphatic rings. The number of hydrogen-bond acceptors (Lipinski definition) is 6. The fourth-order valence-electron chi connectivity index (χ4n) is 1.85. The Balaban J connectivity index is 1.87. The molecule has 0 atom stereocenters. The molecule has 4 N–H and O–H groups in total. The Morgan fingerprint density at radius 1 is 0.692 bits per heavy atom. The molecule has 0 aliphatic heterocycles. The summed E-state index contributed by atoms with van der Waals surface area (Å²) < 4.78 is 10.1. The summed E-state index contributed by atoms with van der Waals surface area (Å²) in [6, 6.07) is 12.5. The summed E-state index contributed by atoms with van der Waals surface area (Å²) in [6.45, 7) is 7.21. The SMILES string of the molecule is C=C(/C=C\C(=C)OC(=O)c1ccc(N)cc1)OC(=O)c1ccc(N)cc1. The average molecular weight is 350 g/mol. The van der Waals surface area contributed by atoms with Crippen molar-refractivity contribution in [2.75, 3.05) is 11.5 Å². The van der Waals surface area contributed by atoms with Crippen LogP contribution in [0.25, 0.3) is 0 Å². The molecule has 2 rings (SSSR count). The topological polar surface area (TPSA) is 105 Å². The molecule has 0 saturated heterocycles. The van der Waals surface area contributed by atoms with Crippen LogP contribution in [0, 0.1) is 0 Å². The van der Waals surface area contributed by atoms with E-state index in [9.17, 15) is 9.59 Å². The molecule has 2 aromatic rings. The molecule has 0 aliphatic carbocycles. The van der Waals surface area contributed by atoms with Gasteiger partial charge in [0.05, 0.1) is 11.1 Å². The zero-order chi connectivity index (χ0) is 19.1. The average Bonchev–Trinajstić information content (AvgIpc) is 2.61. The van der Waals surface area contributed by atoms with Crippen molar-refractivity contribution in [3.63, 3.8) is 0 Å². The monoisotopic (exact) mass is 350 g/mol. The van der Waals surface area contributed by atoms with Crippen LogP contribution in [0.3, 0.4) is 0 Å². The number of ether oxygens (including phenoxy) is 2. The number of rotatable bonds is 6. The summed E-state index contributed by atoms with van der Waals surface area (Å²) in [6.07, 6.45) is 2.74. The van der Waals surface area contributed by atoms with E-state index in [0.717, 1.165) is 0 Å². The summed E-state index contributed by atoms with van der Waals surface area (Å²) in [5, 5.41) is 0. The Labute approximate surface area is 151 Å². The Bertz CT molecular complexity index is 792. The van der Waals surface area contributed by atoms with Gasteiger partial charge in [0.1, 0.15) is 11.5 Å². The Morgan fingerprint density at radius 2 is 1.00 bits per heavy atom. The quantitative estimate of drug-likeness (QED) is 0.358. The first-order chi connectivity index (χ1) is 12.3. The number of allylic oxidation sites excluding steroid dienone is 2. The minimum atomic E-state index is -0.580. The summed E-state index contributed by atoms with van der Waals surface area (Å²) in [4.78, 5) is 23.9. The molecule has 0 radical (unpaired) electrons. The van der Waals surface area contributed by atoms with Crippen LogP contribution in [-0.4, -0.2) is 11.9 Å². The van der Waals surface area contributed by atoms with Crippen molar-refractivity contribution in [3.05, 3.63) is 96.5 Å². The maximum Gasteiger partial charge on any atom is 0.343 e. The maximum absolute atomic E-state index is 11.9. The van der Waals surface area contributed by atoms with Gasteiger partial charge in [0.2, 0.25) is 0 Å². The van der Waals surface area contributed by atoms with Gasteiger partial charge in [0.25, 0.3) is 0 Å². The van der Waals surface area contributed by atoms with Crippen molar-refractivity contribution < 1.29 is 19.1 Å². The van der Waals surface area contributed by atoms with E-state index in [1.165, 1.54) is 12.2 Å². The molecule has 0 fully saturated rings. The Kier molecular flexibility index (Phi) is 5.95. The molecular formula is C20H18N2O4. The van der Waals surface area contributed by atoms with Gasteiger partial charge >= 0.3 is 11.9 Å². The van der Waals surface area contributed by atoms with E-state index < -0.39 is 11.9 Å². The second-order valence-electron chi connectivity index (χ2n) is 5.29. The Morgan fingerprint density at radius 3 is 1.31 bits per heavy atom. The fourth-order valence-corrected chi connectivity index (χ4v) is 1.85. The predicted octanol–water partition coefficient (Wildman–Crippen LogP) is 3.45. The lowest BCUT2D eigenvalue weighted by Crippen LogP contribution is -2.05. The first-order valence-corrected chi connectivity index (χ1v) is 7.56. The molecule has 0 spiro atoms. The number of nitrogens with two attached hydrogens (primary N) is 2. The van der Waals surface area contributed by atoms with Gasteiger partial charge in [-0.05, 0) is 60.7 Å². The lowest BCUT2D eigenvalue weighted by atomic mass is 10.2. The van der Waals surface area contributed by atoms with E-state index in [1.54, 1.807) is 48.5 Å². The van der Waals surface area contributed by atoms with Crippen LogP contribution < -0.4 is 11.5 Å². The molecule has 132 valence electrons. The number of hydrogen-bond donors (Lipinski definition) is 2. The van der Waals surface area contributed by atoms with Crippen molar-refractivity contribution in [1.29, 1.82) is 0 Å². The number of carbonyl (C=O) groups is 2. The van der Waals surface area contributed by atoms with Crippen molar-refractivity contribution >= 4 is 23.3 Å². The Hall–Kier alpha value is -3.80. The smallest absolute Gasteiger partial charge is 0.343 e. The molecule has 0 saturated carbocycles. The highest BCUT2D eigenvalue weighted by molar-refractivity contribution is 5.91. The van der Waals surface area contributed by atoms with Gasteiger partial charge in [0, 0.05) is 11.4 Å². The maximum atomic E-state index is 11.9. The van der Waals surface area contributed by atoms with Crippen molar-refractivity contribution in [2.24, 2.45) is 0 Å². The zero-order valence-electron chi connectivity index (χ0n) is 14.0. The largest absolute Gasteiger partial charge is 0.424 e. The summed E-state index contributed by atoms with van der Waals surface area (Å²) in [5.41, 5.74) is 12.9. The van der Waals surface area contributed by atoms with Crippen LogP contribution in [-0.2, 0) is 9.47 Å². The van der Waals surface area contributed by atoms with E-state index in [-0.39, 0.29) is 11.5 Å². The van der Waals surface area contributed by atoms with Gasteiger partial charge in [-0.1, -0.05) is 13.2 Å². The van der Waals surface area contributed by atoms with E-state index in [2.05, 4.69) is 13.2 Å². The molecule has 2 aromatic carbocycles. The molecule has 6 heteroatoms. The highest BCUT2D eigenvalue weighted by atomic mass is 16.5. The molecule has 0 heterocycles. The molecule has 6 nitrogen and oxygen atoms in total. The number of benzene rings is 2. The third kappa shape index (κ3) is 5.38. The van der Waals surface area contributed by atoms with Crippen LogP contribution in [0.1, 0.15) is 20.7 Å². The predicted molar refractivity (Wildman–Crippen MR) is 100.0 cm³/mol. The molecule has 0 unspecified atom stereocenters. The lowest BCUT2D eigenvalue weighted by Gasteiger charge is -2.06. The highest BCUT2D eigenvalue weighted by Crippen LogP contribution is 2.12. The summed E-state index contributed by atoms with van der Waals surface area (Å²) >= 11 is 0. The highest BCUT2D eigenvalue weighted by Gasteiger charge is 2.09. The van der Waals surface area contributed by atoms with Gasteiger partial charge in [0.15, 0.2) is 0 Å². The van der Waals surface area contributed by atoms with Crippen LogP contribution in [0.15, 0.2) is 85.4 Å². The van der Waals surface area contributed by atoms with Gasteiger partial charge < -0.3 is 20.9 Å². The van der Waals surface area contributed by atoms with Crippen molar-refractivity contribution in [1.82, 2.24) is 0 Å². The van der Waals surface area contributed by atoms with Crippen LogP contribution >= 0.6 is 0 Å². The molecule has 0 aromatic heterocycles. The fraction of sp³-hybridized carbons (Fsp3) is 0. The number of nitrogen functional groups attached to an aromatic ring is 2. The first-order valence-electron chi connectivity index (χ1n) is 7.56. The van der Waals surface area contributed by atoms with Gasteiger partial charge in [-0.2, -0.15) is 0 Å². The van der Waals surface area contributed by atoms with Gasteiger partial charge in [-0.15, -0.1) is 0 Å². The van der Waals surface area contributed by atoms with Crippen LogP contribution in [0.5, 0.6) is 0 Å². The molecule has 0 bridgehead atoms. The van der Waals surface area contributed by atoms with E-state index in [0.29, 0.717) is 22.5 Å². The number of carbonyl (C=O) groups excluding carboxylic acids is 2. The van der Waals surface area contributed by atoms with Crippen LogP contribution in [0.4, 0.5) is 11.4 Å². The van der Waals surface area contributed by atoms with Crippen molar-refractivity contribution in [3.8, 4) is 0 Å². The first kappa shape index (κ1) is 18.5. The van der Waals surface area contributed by atoms with E-state index >= 15 is 0 Å². The normalized spacial score (nSPS) is 10.3. The zero-order valence-corrected chi connectivity index (χ0v) is 14.0. The minimum absolute atomic E-state index is 0.0662. The van der Waals surface area contributed by atoms with Gasteiger partial charge in [-0.25, -0.2) is 9.59 Å². The van der Waals surface area contributed by atoms with Crippen LogP contribution in [0.2, 0.25) is 0 Å². The van der Waals surface area contributed by atoms with E-state index in [4.69, 9.17) is 20.9 Å². The lowest BCUT2D eigenvalue weighted by molar-refractivity contribution is 0.0622. The van der Waals surface area contributed by atoms with E-state index in [1.807, 2.05) is 0 Å². The molecule has 0 amide bonds. The number of esters is 2. The standard InChI is InChI=1S/C20H18N2O4/c1-13(25-19(23)15-5-9-17(21)10-6-15)3-4-14(2)26-20(24)16-7-11-18(22)12-8-16/h3-12H,1-2,21-22H2/b4-3-. The summed E-state index contributed by atoms with van der Waals surface area (Å²) in [5.74, 6) is -1.03. The van der Waals surface area contributed by atoms with Crippen molar-refractivity contribution in [2.45, 2.75) is 0 Å². The number of anilines is 2. The molecule has 26 heavy (non-hydrogen) atoms. The third-order valence-corrected chi connectivity index (χ3v) is 3.20. The minimum Gasteiger partial charge on any atom is -0.424 e.